The van der Waals surface area contributed by atoms with Crippen LogP contribution in [-0.4, -0.2) is 200 Å². The number of rotatable bonds is 36. The van der Waals surface area contributed by atoms with Gasteiger partial charge in [-0.1, -0.05) is 62.4 Å². The van der Waals surface area contributed by atoms with E-state index in [1.165, 1.54) is 18.7 Å². The molecule has 30 heteroatoms. The summed E-state index contributed by atoms with van der Waals surface area (Å²) < 4.78 is 0. The summed E-state index contributed by atoms with van der Waals surface area (Å²) in [4.78, 5) is 157. The van der Waals surface area contributed by atoms with E-state index < -0.39 is 152 Å². The molecule has 1 aromatic heterocycles. The lowest BCUT2D eigenvalue weighted by molar-refractivity contribution is -0.144. The molecule has 0 saturated carbocycles. The van der Waals surface area contributed by atoms with E-state index in [0.717, 1.165) is 21.4 Å². The molecule has 0 aliphatic carbocycles. The maximum absolute atomic E-state index is 14.4. The lowest BCUT2D eigenvalue weighted by atomic mass is 10.0. The van der Waals surface area contributed by atoms with Gasteiger partial charge in [0.25, 0.3) is 0 Å². The number of fused-ring (bicyclic) bond motifs is 1. The van der Waals surface area contributed by atoms with Crippen LogP contribution in [0.5, 0.6) is 0 Å². The van der Waals surface area contributed by atoms with Crippen LogP contribution in [0.4, 0.5) is 0 Å². The third-order valence-corrected chi connectivity index (χ3v) is 14.6. The van der Waals surface area contributed by atoms with Gasteiger partial charge < -0.3 is 90.0 Å². The van der Waals surface area contributed by atoms with Gasteiger partial charge in [-0.15, -0.1) is 0 Å². The summed E-state index contributed by atoms with van der Waals surface area (Å²) >= 11 is 1.34. The highest BCUT2D eigenvalue weighted by molar-refractivity contribution is 7.98. The van der Waals surface area contributed by atoms with Crippen molar-refractivity contribution >= 4 is 93.7 Å². The summed E-state index contributed by atoms with van der Waals surface area (Å²) in [6.07, 6.45) is 2.86. The third kappa shape index (κ3) is 22.2. The first-order valence-corrected chi connectivity index (χ1v) is 29.6. The summed E-state index contributed by atoms with van der Waals surface area (Å²) in [7, 11) is 0. The fraction of sp³-hybridized carbons (Fsp3) is 0.536. The number of aromatic amines is 1. The topological polar surface area (TPSA) is 474 Å². The zero-order chi connectivity index (χ0) is 63.6. The van der Waals surface area contributed by atoms with Crippen molar-refractivity contribution in [2.24, 2.45) is 28.1 Å². The average Bonchev–Trinajstić information content (AvgIpc) is 4.11. The number of para-hydroxylation sites is 1. The smallest absolute Gasteiger partial charge is 0.328 e. The number of aliphatic carboxylic acids is 2. The van der Waals surface area contributed by atoms with Gasteiger partial charge in [0.1, 0.15) is 54.4 Å². The first kappa shape index (κ1) is 70.1. The molecule has 9 amide bonds. The normalized spacial score (nSPS) is 16.1. The van der Waals surface area contributed by atoms with Crippen molar-refractivity contribution in [3.63, 3.8) is 0 Å². The quantitative estimate of drug-likeness (QED) is 0.0156. The number of benzene rings is 2. The van der Waals surface area contributed by atoms with Crippen molar-refractivity contribution in [1.29, 1.82) is 0 Å². The fourth-order valence-electron chi connectivity index (χ4n) is 9.39. The predicted octanol–water partition coefficient (Wildman–Crippen LogP) is -3.04. The number of carboxylic acid groups (broad SMARTS) is 2. The fourth-order valence-corrected chi connectivity index (χ4v) is 9.86. The number of hydrogen-bond donors (Lipinski definition) is 16. The van der Waals surface area contributed by atoms with E-state index in [2.05, 4.69) is 52.5 Å². The second kappa shape index (κ2) is 35.2. The number of hydrogen-bond acceptors (Lipinski definition) is 16. The number of H-pyrrole nitrogens is 1. The number of aliphatic hydroxyl groups is 2. The number of nitrogens with zero attached hydrogens (tertiary/aromatic N) is 2. The molecule has 29 nitrogen and oxygen atoms in total. The van der Waals surface area contributed by atoms with Gasteiger partial charge in [0.05, 0.1) is 19.3 Å². The highest BCUT2D eigenvalue weighted by Crippen LogP contribution is 2.22. The molecule has 19 N–H and O–H groups in total. The second-order valence-electron chi connectivity index (χ2n) is 21.2. The van der Waals surface area contributed by atoms with Gasteiger partial charge in [-0.05, 0) is 93.4 Å². The van der Waals surface area contributed by atoms with E-state index in [-0.39, 0.29) is 76.3 Å². The second-order valence-corrected chi connectivity index (χ2v) is 22.2. The van der Waals surface area contributed by atoms with Crippen LogP contribution in [-0.2, 0) is 65.6 Å². The van der Waals surface area contributed by atoms with Crippen LogP contribution in [0, 0.1) is 5.92 Å². The van der Waals surface area contributed by atoms with Crippen LogP contribution in [0.2, 0.25) is 0 Å². The van der Waals surface area contributed by atoms with E-state index in [0.29, 0.717) is 11.3 Å². The minimum absolute atomic E-state index is 0.0294. The van der Waals surface area contributed by atoms with Crippen molar-refractivity contribution in [2.45, 2.75) is 145 Å². The van der Waals surface area contributed by atoms with Crippen LogP contribution in [0.3, 0.4) is 0 Å². The molecule has 472 valence electrons. The number of thioether (sulfide) groups is 1. The molecular formula is C56H82N14O15S. The molecule has 1 aliphatic rings. The molecule has 0 spiro atoms. The number of aliphatic hydroxyl groups excluding tert-OH is 2. The molecule has 2 heterocycles. The monoisotopic (exact) mass is 1220 g/mol. The van der Waals surface area contributed by atoms with E-state index in [9.17, 15) is 73.2 Å². The van der Waals surface area contributed by atoms with Crippen LogP contribution in [0.1, 0.15) is 83.3 Å². The molecule has 1 saturated heterocycles. The van der Waals surface area contributed by atoms with Gasteiger partial charge in [-0.3, -0.25) is 52.9 Å². The first-order chi connectivity index (χ1) is 40.9. The van der Waals surface area contributed by atoms with Gasteiger partial charge in [0.15, 0.2) is 5.96 Å². The standard InChI is InChI=1S/C56H82N14O15S/c1-30(2)24-40(50(79)69-43(29-72)55(84)85)66-46(75)31(3)62-48(77)38(20-23-86-4)64-51(80)41(25-32-12-6-5-7-13-32)67-52(81)42(28-71)68-53(82)44-17-11-22-70(44)54(83)39(18-19-45(73)74)65-49(78)37(16-10-21-60-56(58)59)63-47(76)35(57)26-33-27-61-36-15-9-8-14-34(33)36/h5-9,12-15,27,30-31,35,37-44,61,71-72H,10-11,16-26,28-29,57H2,1-4H3,(H,62,77)(H,63,76)(H,64,80)(H,65,78)(H,66,75)(H,67,81)(H,68,82)(H,69,79)(H,73,74)(H,84,85)(H4,58,59,60)/t31-,35-,37-,38-,39-,40-,41-,42-,43-,44-/m0/s1. The van der Waals surface area contributed by atoms with Crippen LogP contribution < -0.4 is 59.7 Å². The minimum Gasteiger partial charge on any atom is -0.481 e. The predicted molar refractivity (Wildman–Crippen MR) is 317 cm³/mol. The molecule has 0 unspecified atom stereocenters. The number of guanidine groups is 1. The number of amides is 9. The number of carboxylic acids is 2. The Bertz CT molecular complexity index is 2850. The van der Waals surface area contributed by atoms with Gasteiger partial charge in [0, 0.05) is 43.0 Å². The van der Waals surface area contributed by atoms with Gasteiger partial charge in [-0.25, -0.2) is 4.79 Å². The Kier molecular flexibility index (Phi) is 28.7. The molecule has 1 aliphatic heterocycles. The van der Waals surface area contributed by atoms with E-state index in [1.807, 2.05) is 24.3 Å². The van der Waals surface area contributed by atoms with Gasteiger partial charge >= 0.3 is 11.9 Å². The van der Waals surface area contributed by atoms with Crippen molar-refractivity contribution in [3.05, 3.63) is 71.9 Å². The number of carbonyl (C=O) groups excluding carboxylic acids is 9. The van der Waals surface area contributed by atoms with Crippen molar-refractivity contribution in [2.75, 3.05) is 38.3 Å². The molecule has 0 radical (unpaired) electrons. The van der Waals surface area contributed by atoms with E-state index >= 15 is 0 Å². The number of aliphatic imine (C=N–C) groups is 1. The summed E-state index contributed by atoms with van der Waals surface area (Å²) in [5, 5.41) is 59.9. The highest BCUT2D eigenvalue weighted by atomic mass is 32.2. The number of nitrogens with one attached hydrogen (secondary N) is 9. The lowest BCUT2D eigenvalue weighted by Gasteiger charge is -2.31. The van der Waals surface area contributed by atoms with E-state index in [4.69, 9.17) is 17.2 Å². The summed E-state index contributed by atoms with van der Waals surface area (Å²) in [6, 6.07) is 1.80. The Morgan fingerprint density at radius 3 is 1.87 bits per heavy atom. The van der Waals surface area contributed by atoms with Gasteiger partial charge in [-0.2, -0.15) is 11.8 Å². The Morgan fingerprint density at radius 1 is 0.663 bits per heavy atom. The number of carbonyl (C=O) groups is 11. The van der Waals surface area contributed by atoms with Crippen LogP contribution in [0.25, 0.3) is 10.9 Å². The van der Waals surface area contributed by atoms with E-state index in [1.54, 1.807) is 56.6 Å². The Labute approximate surface area is 501 Å². The number of nitrogens with two attached hydrogens (primary N) is 3. The number of aromatic nitrogens is 1. The molecule has 4 rings (SSSR count). The molecule has 2 aromatic carbocycles. The van der Waals surface area contributed by atoms with Crippen molar-refractivity contribution in [1.82, 2.24) is 52.4 Å². The Morgan fingerprint density at radius 2 is 1.23 bits per heavy atom. The highest BCUT2D eigenvalue weighted by Gasteiger charge is 2.41. The SMILES string of the molecule is CSCC[C@H](NC(=O)[C@H](Cc1ccccc1)NC(=O)[C@H](CO)NC(=O)[C@@H]1CCCN1C(=O)[C@H](CCC(=O)O)NC(=O)[C@H](CCCN=C(N)N)NC(=O)[C@@H](N)Cc1c[nH]c2ccccc12)C(=O)N[C@@H](C)C(=O)N[C@@H](CC(C)C)C(=O)N[C@@H](CO)C(=O)O. The lowest BCUT2D eigenvalue weighted by Crippen LogP contribution is -2.61. The van der Waals surface area contributed by atoms with Crippen molar-refractivity contribution in [3.8, 4) is 0 Å². The zero-order valence-corrected chi connectivity index (χ0v) is 49.4. The molecule has 10 atom stereocenters. The maximum atomic E-state index is 14.4. The van der Waals surface area contributed by atoms with Crippen LogP contribution in [0.15, 0.2) is 65.8 Å². The summed E-state index contributed by atoms with van der Waals surface area (Å²) in [6.45, 7) is 2.94. The Balaban J connectivity index is 1.50. The Hall–Kier alpha value is -8.35. The minimum atomic E-state index is -1.73. The summed E-state index contributed by atoms with van der Waals surface area (Å²) in [5.41, 5.74) is 19.5. The molecule has 0 bridgehead atoms. The average molecular weight is 1220 g/mol. The maximum Gasteiger partial charge on any atom is 0.328 e. The van der Waals surface area contributed by atoms with Gasteiger partial charge in [0.2, 0.25) is 53.2 Å². The molecule has 1 fully saturated rings. The van der Waals surface area contributed by atoms with Crippen molar-refractivity contribution < 1.29 is 73.2 Å². The largest absolute Gasteiger partial charge is 0.481 e. The zero-order valence-electron chi connectivity index (χ0n) is 48.5. The molecule has 86 heavy (non-hydrogen) atoms. The van der Waals surface area contributed by atoms with Crippen LogP contribution >= 0.6 is 11.8 Å². The molecule has 3 aromatic rings. The summed E-state index contributed by atoms with van der Waals surface area (Å²) in [5.74, 6) is -10.7. The third-order valence-electron chi connectivity index (χ3n) is 14.0. The molecular weight excluding hydrogens is 1140 g/mol. The first-order valence-electron chi connectivity index (χ1n) is 28.2. The number of likely N-dealkylation sites (tertiary alicyclic amines) is 1.